The van der Waals surface area contributed by atoms with Gasteiger partial charge < -0.3 is 9.32 Å². The van der Waals surface area contributed by atoms with Gasteiger partial charge in [0.05, 0.1) is 35.4 Å². The van der Waals surface area contributed by atoms with Gasteiger partial charge in [-0.2, -0.15) is 0 Å². The van der Waals surface area contributed by atoms with Crippen molar-refractivity contribution in [3.8, 4) is 5.69 Å². The number of benzene rings is 3. The topological polar surface area (TPSA) is 68.3 Å². The predicted octanol–water partition coefficient (Wildman–Crippen LogP) is 6.90. The second-order valence-electron chi connectivity index (χ2n) is 9.63. The van der Waals surface area contributed by atoms with Crippen LogP contribution in [0.1, 0.15) is 66.3 Å². The lowest BCUT2D eigenvalue weighted by Gasteiger charge is -2.32. The smallest absolute Gasteiger partial charge is 0.266 e. The van der Waals surface area contributed by atoms with Crippen LogP contribution in [0.25, 0.3) is 16.6 Å². The molecule has 0 N–H and O–H groups in total. The zero-order valence-corrected chi connectivity index (χ0v) is 22.6. The van der Waals surface area contributed by atoms with Crippen LogP contribution < -0.4 is 5.56 Å². The Morgan fingerprint density at radius 3 is 2.15 bits per heavy atom. The fourth-order valence-electron chi connectivity index (χ4n) is 4.99. The third-order valence-electron chi connectivity index (χ3n) is 7.24. The Kier molecular flexibility index (Phi) is 7.73. The molecule has 0 aliphatic rings. The number of nitrogens with zero attached hydrogens (tertiary/aromatic N) is 3. The van der Waals surface area contributed by atoms with Crippen molar-refractivity contribution >= 4 is 16.8 Å². The molecule has 0 aliphatic carbocycles. The molecule has 5 aromatic rings. The molecule has 39 heavy (non-hydrogen) atoms. The minimum Gasteiger partial charge on any atom is -0.467 e. The molecule has 0 aliphatic heterocycles. The number of aryl methyl sites for hydroxylation is 2. The van der Waals surface area contributed by atoms with Gasteiger partial charge in [0.25, 0.3) is 11.5 Å². The molecule has 6 nitrogen and oxygen atoms in total. The summed E-state index contributed by atoms with van der Waals surface area (Å²) in [6, 6.07) is 26.2. The van der Waals surface area contributed by atoms with E-state index in [0.29, 0.717) is 34.5 Å². The Hall–Kier alpha value is -4.45. The molecule has 0 spiro atoms. The number of furan rings is 1. The first-order valence-corrected chi connectivity index (χ1v) is 13.6. The molecular formula is C33H33N3O3. The lowest BCUT2D eigenvalue weighted by Crippen LogP contribution is -2.38. The molecule has 3 aromatic carbocycles. The van der Waals surface area contributed by atoms with Crippen molar-refractivity contribution < 1.29 is 9.21 Å². The van der Waals surface area contributed by atoms with Crippen LogP contribution in [0.15, 0.2) is 100 Å². The van der Waals surface area contributed by atoms with Crippen molar-refractivity contribution in [2.45, 2.75) is 52.6 Å². The summed E-state index contributed by atoms with van der Waals surface area (Å²) in [7, 11) is 0. The van der Waals surface area contributed by atoms with Crippen LogP contribution in [0.2, 0.25) is 0 Å². The van der Waals surface area contributed by atoms with Crippen molar-refractivity contribution in [2.24, 2.45) is 0 Å². The van der Waals surface area contributed by atoms with E-state index in [1.807, 2.05) is 85.8 Å². The molecule has 198 valence electrons. The molecule has 2 heterocycles. The van der Waals surface area contributed by atoms with E-state index in [9.17, 15) is 9.59 Å². The van der Waals surface area contributed by atoms with Crippen LogP contribution in [0.4, 0.5) is 0 Å². The molecule has 1 amide bonds. The fourth-order valence-corrected chi connectivity index (χ4v) is 4.99. The molecule has 0 radical (unpaired) electrons. The van der Waals surface area contributed by atoms with E-state index in [-0.39, 0.29) is 18.0 Å². The van der Waals surface area contributed by atoms with Crippen molar-refractivity contribution in [3.05, 3.63) is 130 Å². The fraction of sp³-hybridized carbons (Fsp3) is 0.242. The third kappa shape index (κ3) is 5.28. The maximum Gasteiger partial charge on any atom is 0.266 e. The zero-order chi connectivity index (χ0) is 27.4. The van der Waals surface area contributed by atoms with Gasteiger partial charge in [0.2, 0.25) is 0 Å². The highest BCUT2D eigenvalue weighted by Crippen LogP contribution is 2.29. The van der Waals surface area contributed by atoms with Gasteiger partial charge in [-0.3, -0.25) is 14.2 Å². The summed E-state index contributed by atoms with van der Waals surface area (Å²) in [4.78, 5) is 34.9. The van der Waals surface area contributed by atoms with Gasteiger partial charge >= 0.3 is 0 Å². The van der Waals surface area contributed by atoms with Crippen LogP contribution in [-0.4, -0.2) is 20.4 Å². The van der Waals surface area contributed by atoms with Crippen LogP contribution in [0.3, 0.4) is 0 Å². The number of fused-ring (bicyclic) bond motifs is 1. The van der Waals surface area contributed by atoms with Crippen molar-refractivity contribution in [1.82, 2.24) is 14.5 Å². The summed E-state index contributed by atoms with van der Waals surface area (Å²) in [5, 5.41) is 0.537. The Bertz CT molecular complexity index is 1620. The van der Waals surface area contributed by atoms with E-state index in [0.717, 1.165) is 24.1 Å². The standard InChI is InChI=1S/C33H33N3O3/c1-4-23-13-17-25(18-14-23)32(37)35(22-27-10-9-21-39-27)30(6-3)31-34-29-12-8-7-11-28(29)33(38)36(31)26-19-15-24(5-2)16-20-26/h7-21,30H,4-6,22H2,1-3H3. The predicted molar refractivity (Wildman–Crippen MR) is 154 cm³/mol. The second-order valence-corrected chi connectivity index (χ2v) is 9.63. The highest BCUT2D eigenvalue weighted by molar-refractivity contribution is 5.94. The van der Waals surface area contributed by atoms with Crippen molar-refractivity contribution in [2.75, 3.05) is 0 Å². The van der Waals surface area contributed by atoms with E-state index in [1.54, 1.807) is 21.8 Å². The van der Waals surface area contributed by atoms with Gasteiger partial charge in [-0.05, 0) is 78.9 Å². The Labute approximate surface area is 228 Å². The molecule has 0 saturated carbocycles. The van der Waals surface area contributed by atoms with Gasteiger partial charge in [0, 0.05) is 5.56 Å². The first-order valence-electron chi connectivity index (χ1n) is 13.6. The quantitative estimate of drug-likeness (QED) is 0.212. The lowest BCUT2D eigenvalue weighted by atomic mass is 10.1. The molecule has 0 fully saturated rings. The molecule has 1 unspecified atom stereocenters. The summed E-state index contributed by atoms with van der Waals surface area (Å²) in [6.45, 7) is 6.45. The largest absolute Gasteiger partial charge is 0.467 e. The number of aromatic nitrogens is 2. The maximum absolute atomic E-state index is 14.1. The Morgan fingerprint density at radius 2 is 1.54 bits per heavy atom. The number of carbonyl (C=O) groups excluding carboxylic acids is 1. The van der Waals surface area contributed by atoms with Crippen LogP contribution in [-0.2, 0) is 19.4 Å². The molecule has 6 heteroatoms. The molecule has 2 aromatic heterocycles. The van der Waals surface area contributed by atoms with E-state index >= 15 is 0 Å². The average molecular weight is 520 g/mol. The second kappa shape index (κ2) is 11.5. The number of para-hydroxylation sites is 1. The van der Waals surface area contributed by atoms with Gasteiger partial charge in [-0.1, -0.05) is 57.2 Å². The normalized spacial score (nSPS) is 12.0. The first-order chi connectivity index (χ1) is 19.0. The summed E-state index contributed by atoms with van der Waals surface area (Å²) in [6.07, 6.45) is 3.95. The summed E-state index contributed by atoms with van der Waals surface area (Å²) in [5.74, 6) is 1.04. The van der Waals surface area contributed by atoms with E-state index < -0.39 is 6.04 Å². The molecule has 5 rings (SSSR count). The van der Waals surface area contributed by atoms with E-state index in [4.69, 9.17) is 9.40 Å². The lowest BCUT2D eigenvalue weighted by molar-refractivity contribution is 0.0624. The van der Waals surface area contributed by atoms with E-state index in [1.165, 1.54) is 5.56 Å². The molecule has 1 atom stereocenters. The number of hydrogen-bond acceptors (Lipinski definition) is 4. The SMILES string of the molecule is CCc1ccc(C(=O)N(Cc2ccco2)C(CC)c2nc3ccccc3c(=O)n2-c2ccc(CC)cc2)cc1. The van der Waals surface area contributed by atoms with Gasteiger partial charge in [-0.15, -0.1) is 0 Å². The third-order valence-corrected chi connectivity index (χ3v) is 7.24. The first kappa shape index (κ1) is 26.2. The summed E-state index contributed by atoms with van der Waals surface area (Å²) < 4.78 is 7.33. The Balaban J connectivity index is 1.70. The Morgan fingerprint density at radius 1 is 0.872 bits per heavy atom. The van der Waals surface area contributed by atoms with E-state index in [2.05, 4.69) is 13.8 Å². The number of amides is 1. The summed E-state index contributed by atoms with van der Waals surface area (Å²) in [5.41, 5.74) is 4.10. The molecule has 0 saturated heterocycles. The monoisotopic (exact) mass is 519 g/mol. The maximum atomic E-state index is 14.1. The average Bonchev–Trinajstić information content (AvgIpc) is 3.50. The molecular weight excluding hydrogens is 486 g/mol. The zero-order valence-electron chi connectivity index (χ0n) is 22.6. The highest BCUT2D eigenvalue weighted by atomic mass is 16.3. The van der Waals surface area contributed by atoms with Crippen molar-refractivity contribution in [3.63, 3.8) is 0 Å². The van der Waals surface area contributed by atoms with Gasteiger partial charge in [0.15, 0.2) is 0 Å². The summed E-state index contributed by atoms with van der Waals surface area (Å²) >= 11 is 0. The van der Waals surface area contributed by atoms with Gasteiger partial charge in [-0.25, -0.2) is 4.98 Å². The number of hydrogen-bond donors (Lipinski definition) is 0. The minimum atomic E-state index is -0.489. The van der Waals surface area contributed by atoms with Crippen LogP contribution in [0, 0.1) is 0 Å². The molecule has 0 bridgehead atoms. The highest BCUT2D eigenvalue weighted by Gasteiger charge is 2.30. The van der Waals surface area contributed by atoms with Crippen LogP contribution >= 0.6 is 0 Å². The van der Waals surface area contributed by atoms with Gasteiger partial charge in [0.1, 0.15) is 11.6 Å². The minimum absolute atomic E-state index is 0.142. The number of rotatable bonds is 9. The van der Waals surface area contributed by atoms with Crippen LogP contribution in [0.5, 0.6) is 0 Å². The number of carbonyl (C=O) groups is 1. The van der Waals surface area contributed by atoms with Crippen molar-refractivity contribution in [1.29, 1.82) is 0 Å².